The van der Waals surface area contributed by atoms with Crippen molar-refractivity contribution in [2.75, 3.05) is 6.54 Å². The molecule has 1 amide bonds. The number of hydrogen-bond acceptors (Lipinski definition) is 2. The van der Waals surface area contributed by atoms with Crippen LogP contribution in [-0.4, -0.2) is 18.5 Å². The van der Waals surface area contributed by atoms with Gasteiger partial charge >= 0.3 is 0 Å². The Morgan fingerprint density at radius 3 is 2.25 bits per heavy atom. The smallest absolute Gasteiger partial charge is 0.221 e. The van der Waals surface area contributed by atoms with Crippen LogP contribution < -0.4 is 11.1 Å². The fourth-order valence-corrected chi connectivity index (χ4v) is 1.92. The van der Waals surface area contributed by atoms with E-state index in [4.69, 9.17) is 5.73 Å². The van der Waals surface area contributed by atoms with E-state index in [0.29, 0.717) is 23.7 Å². The van der Waals surface area contributed by atoms with E-state index in [-0.39, 0.29) is 11.9 Å². The number of amides is 1. The molecule has 3 heteroatoms. The van der Waals surface area contributed by atoms with Crippen LogP contribution in [-0.2, 0) is 4.79 Å². The number of nitrogens with one attached hydrogen (secondary N) is 1. The molecule has 16 heavy (non-hydrogen) atoms. The summed E-state index contributed by atoms with van der Waals surface area (Å²) in [6.07, 6.45) is 2.95. The molecule has 0 heterocycles. The minimum atomic E-state index is -0.0193. The van der Waals surface area contributed by atoms with E-state index in [9.17, 15) is 4.79 Å². The van der Waals surface area contributed by atoms with Gasteiger partial charge in [0.25, 0.3) is 0 Å². The lowest BCUT2D eigenvalue weighted by Gasteiger charge is -2.21. The lowest BCUT2D eigenvalue weighted by Crippen LogP contribution is -2.38. The van der Waals surface area contributed by atoms with Crippen LogP contribution in [0, 0.1) is 17.3 Å². The average molecular weight is 226 g/mol. The molecular weight excluding hydrogens is 200 g/mol. The van der Waals surface area contributed by atoms with Crippen LogP contribution in [0.4, 0.5) is 0 Å². The second kappa shape index (κ2) is 5.17. The zero-order chi connectivity index (χ0) is 12.3. The molecule has 1 rings (SSSR count). The van der Waals surface area contributed by atoms with Crippen LogP contribution in [0.15, 0.2) is 0 Å². The Labute approximate surface area is 99.2 Å². The van der Waals surface area contributed by atoms with Crippen molar-refractivity contribution in [3.05, 3.63) is 0 Å². The van der Waals surface area contributed by atoms with Gasteiger partial charge in [0.1, 0.15) is 0 Å². The van der Waals surface area contributed by atoms with Crippen molar-refractivity contribution in [3.63, 3.8) is 0 Å². The Bertz CT molecular complexity index is 244. The summed E-state index contributed by atoms with van der Waals surface area (Å²) >= 11 is 0. The van der Waals surface area contributed by atoms with Gasteiger partial charge in [0.15, 0.2) is 0 Å². The van der Waals surface area contributed by atoms with E-state index in [1.807, 2.05) is 0 Å². The van der Waals surface area contributed by atoms with Gasteiger partial charge in [-0.1, -0.05) is 27.7 Å². The van der Waals surface area contributed by atoms with Gasteiger partial charge in [-0.25, -0.2) is 0 Å². The van der Waals surface area contributed by atoms with Gasteiger partial charge in [0.05, 0.1) is 0 Å². The molecule has 3 N–H and O–H groups in total. The Morgan fingerprint density at radius 2 is 1.88 bits per heavy atom. The number of hydrogen-bond donors (Lipinski definition) is 2. The molecule has 0 aromatic heterocycles. The number of nitrogens with two attached hydrogens (primary N) is 1. The summed E-state index contributed by atoms with van der Waals surface area (Å²) in [5, 5.41) is 3.03. The minimum Gasteiger partial charge on any atom is -0.355 e. The molecule has 0 aromatic rings. The second-order valence-electron chi connectivity index (χ2n) is 5.91. The van der Waals surface area contributed by atoms with Crippen LogP contribution in [0.2, 0.25) is 0 Å². The topological polar surface area (TPSA) is 55.1 Å². The Kier molecular flexibility index (Phi) is 4.36. The lowest BCUT2D eigenvalue weighted by molar-refractivity contribution is -0.122. The van der Waals surface area contributed by atoms with Gasteiger partial charge in [0.2, 0.25) is 5.91 Å². The molecule has 1 saturated carbocycles. The van der Waals surface area contributed by atoms with Crippen LogP contribution in [0.5, 0.6) is 0 Å². The summed E-state index contributed by atoms with van der Waals surface area (Å²) in [4.78, 5) is 11.7. The van der Waals surface area contributed by atoms with E-state index in [1.165, 1.54) is 12.8 Å². The van der Waals surface area contributed by atoms with Gasteiger partial charge in [-0.15, -0.1) is 0 Å². The van der Waals surface area contributed by atoms with Gasteiger partial charge in [-0.3, -0.25) is 4.79 Å². The Balaban J connectivity index is 2.26. The Hall–Kier alpha value is -0.570. The lowest BCUT2D eigenvalue weighted by atomic mass is 9.92. The van der Waals surface area contributed by atoms with Crippen LogP contribution in [0.1, 0.15) is 47.0 Å². The quantitative estimate of drug-likeness (QED) is 0.727. The monoisotopic (exact) mass is 226 g/mol. The molecule has 94 valence electrons. The van der Waals surface area contributed by atoms with Crippen molar-refractivity contribution < 1.29 is 4.79 Å². The standard InChI is InChI=1S/C13H26N2O/c1-9(2)11(14)7-12(16)15-8-13(5-6-13)10(3)4/h9-11H,5-8,14H2,1-4H3,(H,15,16). The van der Waals surface area contributed by atoms with E-state index in [0.717, 1.165) is 6.54 Å². The van der Waals surface area contributed by atoms with Crippen LogP contribution >= 0.6 is 0 Å². The summed E-state index contributed by atoms with van der Waals surface area (Å²) in [6.45, 7) is 9.40. The third-order valence-corrected chi connectivity index (χ3v) is 4.03. The molecule has 1 atom stereocenters. The fourth-order valence-electron chi connectivity index (χ4n) is 1.92. The van der Waals surface area contributed by atoms with Crippen molar-refractivity contribution in [2.24, 2.45) is 23.0 Å². The van der Waals surface area contributed by atoms with Gasteiger partial charge in [-0.2, -0.15) is 0 Å². The molecule has 0 bridgehead atoms. The molecule has 0 aromatic carbocycles. The van der Waals surface area contributed by atoms with Gasteiger partial charge < -0.3 is 11.1 Å². The van der Waals surface area contributed by atoms with E-state index < -0.39 is 0 Å². The summed E-state index contributed by atoms with van der Waals surface area (Å²) in [7, 11) is 0. The number of carbonyl (C=O) groups excluding carboxylic acids is 1. The second-order valence-corrected chi connectivity index (χ2v) is 5.91. The molecule has 0 radical (unpaired) electrons. The van der Waals surface area contributed by atoms with E-state index in [1.54, 1.807) is 0 Å². The average Bonchev–Trinajstić information content (AvgIpc) is 2.95. The molecule has 0 spiro atoms. The summed E-state index contributed by atoms with van der Waals surface area (Å²) in [5.74, 6) is 1.13. The highest BCUT2D eigenvalue weighted by atomic mass is 16.1. The normalized spacial score (nSPS) is 19.9. The van der Waals surface area contributed by atoms with Crippen molar-refractivity contribution in [2.45, 2.75) is 53.0 Å². The molecule has 0 saturated heterocycles. The van der Waals surface area contributed by atoms with Crippen LogP contribution in [0.25, 0.3) is 0 Å². The first-order chi connectivity index (χ1) is 7.37. The van der Waals surface area contributed by atoms with E-state index >= 15 is 0 Å². The van der Waals surface area contributed by atoms with Crippen LogP contribution in [0.3, 0.4) is 0 Å². The highest BCUT2D eigenvalue weighted by molar-refractivity contribution is 5.76. The van der Waals surface area contributed by atoms with Crippen molar-refractivity contribution in [1.29, 1.82) is 0 Å². The van der Waals surface area contributed by atoms with Crippen molar-refractivity contribution >= 4 is 5.91 Å². The molecule has 1 aliphatic rings. The van der Waals surface area contributed by atoms with Crippen molar-refractivity contribution in [3.8, 4) is 0 Å². The summed E-state index contributed by atoms with van der Waals surface area (Å²) in [5.41, 5.74) is 6.26. The largest absolute Gasteiger partial charge is 0.355 e. The van der Waals surface area contributed by atoms with Gasteiger partial charge in [-0.05, 0) is 30.1 Å². The van der Waals surface area contributed by atoms with E-state index in [2.05, 4.69) is 33.0 Å². The van der Waals surface area contributed by atoms with Gasteiger partial charge in [0, 0.05) is 19.0 Å². The zero-order valence-electron chi connectivity index (χ0n) is 11.0. The maximum absolute atomic E-state index is 11.7. The third-order valence-electron chi connectivity index (χ3n) is 4.03. The number of carbonyl (C=O) groups is 1. The molecule has 1 fully saturated rings. The first kappa shape index (κ1) is 13.5. The maximum atomic E-state index is 11.7. The molecular formula is C13H26N2O. The third kappa shape index (κ3) is 3.48. The van der Waals surface area contributed by atoms with Crippen molar-refractivity contribution in [1.82, 2.24) is 5.32 Å². The highest BCUT2D eigenvalue weighted by Gasteiger charge is 2.45. The SMILES string of the molecule is CC(C)C(N)CC(=O)NCC1(C(C)C)CC1. The first-order valence-electron chi connectivity index (χ1n) is 6.39. The fraction of sp³-hybridized carbons (Fsp3) is 0.923. The molecule has 3 nitrogen and oxygen atoms in total. The first-order valence-corrected chi connectivity index (χ1v) is 6.39. The molecule has 1 aliphatic carbocycles. The Morgan fingerprint density at radius 1 is 1.31 bits per heavy atom. The summed E-state index contributed by atoms with van der Waals surface area (Å²) < 4.78 is 0. The summed E-state index contributed by atoms with van der Waals surface area (Å²) in [6, 6.07) is -0.0193. The maximum Gasteiger partial charge on any atom is 0.221 e. The predicted octanol–water partition coefficient (Wildman–Crippen LogP) is 1.91. The zero-order valence-corrected chi connectivity index (χ0v) is 11.0. The minimum absolute atomic E-state index is 0.0193. The highest BCUT2D eigenvalue weighted by Crippen LogP contribution is 2.51. The predicted molar refractivity (Wildman–Crippen MR) is 66.9 cm³/mol. The number of rotatable bonds is 6. The molecule has 0 aliphatic heterocycles. The molecule has 1 unspecified atom stereocenters.